The van der Waals surface area contributed by atoms with E-state index in [4.69, 9.17) is 9.97 Å². The number of fused-ring (bicyclic) bond motifs is 3. The molecule has 0 spiro atoms. The van der Waals surface area contributed by atoms with Crippen molar-refractivity contribution in [3.8, 4) is 44.8 Å². The van der Waals surface area contributed by atoms with E-state index in [2.05, 4.69) is 133 Å². The topological polar surface area (TPSA) is 51.6 Å². The van der Waals surface area contributed by atoms with Gasteiger partial charge >= 0.3 is 0 Å². The summed E-state index contributed by atoms with van der Waals surface area (Å²) in [6.07, 6.45) is 3.61. The molecule has 4 aromatic carbocycles. The van der Waals surface area contributed by atoms with Crippen molar-refractivity contribution in [3.05, 3.63) is 145 Å². The molecule has 0 bridgehead atoms. The molecule has 4 heteroatoms. The first-order valence-corrected chi connectivity index (χ1v) is 14.8. The van der Waals surface area contributed by atoms with E-state index in [1.165, 1.54) is 21.9 Å². The van der Waals surface area contributed by atoms with Crippen molar-refractivity contribution < 1.29 is 0 Å². The number of aromatic nitrogens is 4. The zero-order valence-corrected chi connectivity index (χ0v) is 24.5. The van der Waals surface area contributed by atoms with Crippen LogP contribution in [0.2, 0.25) is 0 Å². The molecule has 0 saturated heterocycles. The third-order valence-corrected chi connectivity index (χ3v) is 8.45. The van der Waals surface area contributed by atoms with Gasteiger partial charge in [-0.15, -0.1) is 0 Å². The summed E-state index contributed by atoms with van der Waals surface area (Å²) < 4.78 is 0. The first kappa shape index (κ1) is 25.9. The number of hydrogen-bond acceptors (Lipinski definition) is 4. The molecular weight excluding hydrogens is 536 g/mol. The van der Waals surface area contributed by atoms with Crippen molar-refractivity contribution in [3.63, 3.8) is 0 Å². The van der Waals surface area contributed by atoms with E-state index in [9.17, 15) is 0 Å². The molecular formula is C40H28N4. The Labute approximate surface area is 255 Å². The molecule has 208 valence electrons. The Kier molecular flexibility index (Phi) is 6.20. The van der Waals surface area contributed by atoms with Gasteiger partial charge in [0.2, 0.25) is 0 Å². The average Bonchev–Trinajstić information content (AvgIpc) is 3.08. The SMILES string of the molecule is Cc1cc(-c2ccccc2-c2ccc3ccc(-c4ccccc4-c4cc(C)c5cccnc5n4)cc3c2)nc2ncccc12. The Morgan fingerprint density at radius 3 is 1.34 bits per heavy atom. The highest BCUT2D eigenvalue weighted by Crippen LogP contribution is 2.37. The van der Waals surface area contributed by atoms with Gasteiger partial charge in [-0.05, 0) is 107 Å². The number of pyridine rings is 4. The standard InChI is InChI=1S/C40H28N4/c1-25-21-37(43-39-31(25)13-7-19-41-39)35-11-5-3-9-33(35)28-17-15-27-16-18-29(24-30(27)23-28)34-10-4-6-12-36(34)38-22-26(2)32-14-8-20-42-40(32)44-38/h3-24H,1-2H3. The van der Waals surface area contributed by atoms with E-state index in [1.807, 2.05) is 12.1 Å². The van der Waals surface area contributed by atoms with Crippen LogP contribution in [0.15, 0.2) is 134 Å². The summed E-state index contributed by atoms with van der Waals surface area (Å²) in [4.78, 5) is 19.0. The maximum absolute atomic E-state index is 4.95. The minimum Gasteiger partial charge on any atom is -0.237 e. The van der Waals surface area contributed by atoms with Gasteiger partial charge in [-0.1, -0.05) is 72.8 Å². The van der Waals surface area contributed by atoms with Gasteiger partial charge in [-0.2, -0.15) is 0 Å². The number of hydrogen-bond donors (Lipinski definition) is 0. The summed E-state index contributed by atoms with van der Waals surface area (Å²) in [6, 6.07) is 42.8. The van der Waals surface area contributed by atoms with E-state index in [0.29, 0.717) is 0 Å². The molecule has 0 atom stereocenters. The summed E-state index contributed by atoms with van der Waals surface area (Å²) in [5.74, 6) is 0. The molecule has 0 amide bonds. The largest absolute Gasteiger partial charge is 0.237 e. The van der Waals surface area contributed by atoms with Crippen LogP contribution in [0.5, 0.6) is 0 Å². The quantitative estimate of drug-likeness (QED) is 0.213. The maximum atomic E-state index is 4.95. The second-order valence-electron chi connectivity index (χ2n) is 11.3. The van der Waals surface area contributed by atoms with Crippen LogP contribution in [0.25, 0.3) is 77.6 Å². The average molecular weight is 565 g/mol. The molecule has 0 fully saturated rings. The number of aryl methyl sites for hydroxylation is 2. The van der Waals surface area contributed by atoms with Crippen molar-refractivity contribution >= 4 is 32.8 Å². The molecule has 4 aromatic heterocycles. The fourth-order valence-corrected chi connectivity index (χ4v) is 6.22. The van der Waals surface area contributed by atoms with Crippen LogP contribution in [-0.2, 0) is 0 Å². The molecule has 8 rings (SSSR count). The summed E-state index contributed by atoms with van der Waals surface area (Å²) in [7, 11) is 0. The molecule has 0 aliphatic heterocycles. The molecule has 0 aliphatic rings. The van der Waals surface area contributed by atoms with Crippen LogP contribution in [0.1, 0.15) is 11.1 Å². The molecule has 0 unspecified atom stereocenters. The van der Waals surface area contributed by atoms with Crippen molar-refractivity contribution in [2.24, 2.45) is 0 Å². The van der Waals surface area contributed by atoms with Crippen LogP contribution in [0.4, 0.5) is 0 Å². The highest BCUT2D eigenvalue weighted by atomic mass is 14.8. The van der Waals surface area contributed by atoms with E-state index in [1.54, 1.807) is 12.4 Å². The van der Waals surface area contributed by atoms with Gasteiger partial charge in [0.15, 0.2) is 11.3 Å². The van der Waals surface area contributed by atoms with Crippen molar-refractivity contribution in [1.82, 2.24) is 19.9 Å². The van der Waals surface area contributed by atoms with Gasteiger partial charge in [-0.25, -0.2) is 19.9 Å². The monoisotopic (exact) mass is 564 g/mol. The third-order valence-electron chi connectivity index (χ3n) is 8.45. The predicted octanol–water partition coefficient (Wildman–Crippen LogP) is 10.0. The van der Waals surface area contributed by atoms with Crippen LogP contribution in [-0.4, -0.2) is 19.9 Å². The summed E-state index contributed by atoms with van der Waals surface area (Å²) in [5.41, 5.74) is 12.5. The Hall–Kier alpha value is -5.74. The Balaban J connectivity index is 1.24. The highest BCUT2D eigenvalue weighted by Gasteiger charge is 2.14. The van der Waals surface area contributed by atoms with E-state index in [0.717, 1.165) is 66.8 Å². The van der Waals surface area contributed by atoms with E-state index < -0.39 is 0 Å². The van der Waals surface area contributed by atoms with Gasteiger partial charge in [0.05, 0.1) is 11.4 Å². The smallest absolute Gasteiger partial charge is 0.160 e. The molecule has 0 saturated carbocycles. The van der Waals surface area contributed by atoms with Gasteiger partial charge < -0.3 is 0 Å². The lowest BCUT2D eigenvalue weighted by Crippen LogP contribution is -1.93. The first-order chi connectivity index (χ1) is 21.6. The lowest BCUT2D eigenvalue weighted by Gasteiger charge is -2.14. The maximum Gasteiger partial charge on any atom is 0.160 e. The third kappa shape index (κ3) is 4.48. The minimum atomic E-state index is 0.769. The second-order valence-corrected chi connectivity index (χ2v) is 11.3. The molecule has 0 aliphatic carbocycles. The van der Waals surface area contributed by atoms with Crippen LogP contribution in [0.3, 0.4) is 0 Å². The summed E-state index contributed by atoms with van der Waals surface area (Å²) in [6.45, 7) is 4.25. The summed E-state index contributed by atoms with van der Waals surface area (Å²) >= 11 is 0. The Morgan fingerprint density at radius 1 is 0.409 bits per heavy atom. The first-order valence-electron chi connectivity index (χ1n) is 14.8. The van der Waals surface area contributed by atoms with Crippen LogP contribution < -0.4 is 0 Å². The molecule has 0 N–H and O–H groups in total. The van der Waals surface area contributed by atoms with E-state index in [-0.39, 0.29) is 0 Å². The van der Waals surface area contributed by atoms with Gasteiger partial charge in [-0.3, -0.25) is 0 Å². The van der Waals surface area contributed by atoms with Gasteiger partial charge in [0.1, 0.15) is 0 Å². The second kappa shape index (κ2) is 10.5. The van der Waals surface area contributed by atoms with Gasteiger partial charge in [0.25, 0.3) is 0 Å². The highest BCUT2D eigenvalue weighted by molar-refractivity contribution is 5.96. The fourth-order valence-electron chi connectivity index (χ4n) is 6.22. The number of nitrogens with zero attached hydrogens (tertiary/aromatic N) is 4. The lowest BCUT2D eigenvalue weighted by molar-refractivity contribution is 1.27. The zero-order valence-electron chi connectivity index (χ0n) is 24.5. The summed E-state index contributed by atoms with van der Waals surface area (Å²) in [5, 5.41) is 4.54. The molecule has 44 heavy (non-hydrogen) atoms. The van der Waals surface area contributed by atoms with E-state index >= 15 is 0 Å². The number of benzene rings is 4. The predicted molar refractivity (Wildman–Crippen MR) is 181 cm³/mol. The van der Waals surface area contributed by atoms with Crippen molar-refractivity contribution in [2.75, 3.05) is 0 Å². The van der Waals surface area contributed by atoms with Gasteiger partial charge in [0, 0.05) is 34.3 Å². The van der Waals surface area contributed by atoms with Crippen molar-refractivity contribution in [2.45, 2.75) is 13.8 Å². The van der Waals surface area contributed by atoms with Crippen LogP contribution >= 0.6 is 0 Å². The molecule has 0 radical (unpaired) electrons. The zero-order chi connectivity index (χ0) is 29.6. The lowest BCUT2D eigenvalue weighted by atomic mass is 9.92. The van der Waals surface area contributed by atoms with Crippen LogP contribution in [0, 0.1) is 13.8 Å². The molecule has 8 aromatic rings. The molecule has 4 nitrogen and oxygen atoms in total. The van der Waals surface area contributed by atoms with Crippen molar-refractivity contribution in [1.29, 1.82) is 0 Å². The Morgan fingerprint density at radius 2 is 0.864 bits per heavy atom. The normalized spacial score (nSPS) is 11.4. The Bertz CT molecular complexity index is 2210. The molecule has 4 heterocycles. The minimum absolute atomic E-state index is 0.769. The fraction of sp³-hybridized carbons (Fsp3) is 0.0500. The number of rotatable bonds is 4.